The van der Waals surface area contributed by atoms with Gasteiger partial charge in [-0.25, -0.2) is 0 Å². The van der Waals surface area contributed by atoms with Crippen molar-refractivity contribution in [3.8, 4) is 5.75 Å². The Hall–Kier alpha value is -2.03. The fourth-order valence-corrected chi connectivity index (χ4v) is 1.56. The second-order valence-corrected chi connectivity index (χ2v) is 3.66. The standard InChI is InChI=1S/C15H17NO2/c1-11(17)16-9-8-13-5-3-4-12-6-7-14(18-2)10-15(12)13/h3-7,10H,8-9H2,1-2H3,(H,16,17)/i3D,4D,5D,6D,7D,10D/hD. The summed E-state index contributed by atoms with van der Waals surface area (Å²) in [5.74, 6) is -0.637. The summed E-state index contributed by atoms with van der Waals surface area (Å²) in [6, 6.07) is -2.05. The van der Waals surface area contributed by atoms with E-state index in [0.29, 0.717) is 5.31 Å². The Morgan fingerprint density at radius 3 is 3.00 bits per heavy atom. The molecule has 0 radical (unpaired) electrons. The largest absolute Gasteiger partial charge is 0.497 e. The molecule has 0 aromatic heterocycles. The van der Waals surface area contributed by atoms with E-state index in [-0.39, 0.29) is 59.2 Å². The van der Waals surface area contributed by atoms with E-state index < -0.39 is 18.0 Å². The monoisotopic (exact) mass is 250 g/mol. The van der Waals surface area contributed by atoms with Crippen LogP contribution in [0.1, 0.15) is 20.7 Å². The number of benzene rings is 2. The first kappa shape index (κ1) is 6.23. The van der Waals surface area contributed by atoms with Gasteiger partial charge in [0.25, 0.3) is 0 Å². The van der Waals surface area contributed by atoms with E-state index >= 15 is 0 Å². The Morgan fingerprint density at radius 1 is 1.44 bits per heavy atom. The number of rotatable bonds is 4. The molecule has 2 aromatic carbocycles. The molecular formula is C15H17NO2. The topological polar surface area (TPSA) is 38.3 Å². The highest BCUT2D eigenvalue weighted by molar-refractivity contribution is 5.87. The third-order valence-corrected chi connectivity index (χ3v) is 2.39. The zero-order valence-electron chi connectivity index (χ0n) is 17.2. The van der Waals surface area contributed by atoms with Crippen molar-refractivity contribution in [1.29, 1.82) is 0 Å². The van der Waals surface area contributed by atoms with Crippen LogP contribution in [-0.2, 0) is 11.2 Å². The smallest absolute Gasteiger partial charge is 0.216 e. The summed E-state index contributed by atoms with van der Waals surface area (Å²) < 4.78 is 61.0. The molecule has 2 rings (SSSR count). The van der Waals surface area contributed by atoms with Gasteiger partial charge in [0.2, 0.25) is 5.91 Å². The lowest BCUT2D eigenvalue weighted by Gasteiger charge is -2.08. The van der Waals surface area contributed by atoms with E-state index in [1.54, 1.807) is 0 Å². The predicted molar refractivity (Wildman–Crippen MR) is 72.9 cm³/mol. The van der Waals surface area contributed by atoms with Crippen molar-refractivity contribution in [2.24, 2.45) is 0 Å². The van der Waals surface area contributed by atoms with Crippen LogP contribution in [-0.4, -0.2) is 19.6 Å². The molecule has 0 bridgehead atoms. The number of fused-ring (bicyclic) bond motifs is 1. The second kappa shape index (κ2) is 5.54. The minimum Gasteiger partial charge on any atom is -0.497 e. The minimum absolute atomic E-state index is 0.0103. The molecule has 3 heteroatoms. The molecule has 3 nitrogen and oxygen atoms in total. The van der Waals surface area contributed by atoms with Gasteiger partial charge in [-0.3, -0.25) is 4.79 Å². The first-order valence-electron chi connectivity index (χ1n) is 8.91. The highest BCUT2D eigenvalue weighted by atomic mass is 16.5. The third-order valence-electron chi connectivity index (χ3n) is 2.39. The lowest BCUT2D eigenvalue weighted by atomic mass is 10.0. The highest BCUT2D eigenvalue weighted by Gasteiger charge is 2.03. The van der Waals surface area contributed by atoms with Crippen LogP contribution in [0.3, 0.4) is 0 Å². The van der Waals surface area contributed by atoms with Gasteiger partial charge in [-0.1, -0.05) is 24.2 Å². The quantitative estimate of drug-likeness (QED) is 0.905. The Morgan fingerprint density at radius 2 is 2.28 bits per heavy atom. The summed E-state index contributed by atoms with van der Waals surface area (Å²) in [7, 11) is 1.26. The molecule has 0 aliphatic heterocycles. The molecule has 1 amide bonds. The number of carbonyl (C=O) groups is 1. The number of hydrogen-bond acceptors (Lipinski definition) is 2. The van der Waals surface area contributed by atoms with Gasteiger partial charge < -0.3 is 10.0 Å². The lowest BCUT2D eigenvalue weighted by molar-refractivity contribution is -0.118. The number of ether oxygens (including phenoxy) is 1. The number of nitrogens with one attached hydrogen (secondary N) is 1. The van der Waals surface area contributed by atoms with E-state index in [9.17, 15) is 4.79 Å². The Balaban J connectivity index is 2.84. The molecule has 0 heterocycles. The average Bonchev–Trinajstić information content (AvgIpc) is 2.56. The number of methoxy groups -OCH3 is 1. The normalized spacial score (nSPS) is 15.8. The minimum atomic E-state index is -0.489. The van der Waals surface area contributed by atoms with Gasteiger partial charge in [0.15, 0.2) is 1.41 Å². The zero-order chi connectivity index (χ0) is 19.0. The van der Waals surface area contributed by atoms with E-state index in [1.807, 2.05) is 0 Å². The van der Waals surface area contributed by atoms with Crippen LogP contribution in [0.15, 0.2) is 36.3 Å². The maximum atomic E-state index is 11.2. The first-order chi connectivity index (χ1) is 11.6. The summed E-state index contributed by atoms with van der Waals surface area (Å²) in [6.45, 7) is 1.16. The molecule has 0 unspecified atom stereocenters. The summed E-state index contributed by atoms with van der Waals surface area (Å²) in [5.41, 5.74) is 0.186. The van der Waals surface area contributed by atoms with Crippen LogP contribution in [0.4, 0.5) is 0 Å². The Labute approximate surface area is 117 Å². The molecule has 1 N–H and O–H groups in total. The molecule has 0 spiro atoms. The van der Waals surface area contributed by atoms with Crippen molar-refractivity contribution >= 4 is 16.7 Å². The van der Waals surface area contributed by atoms with Gasteiger partial charge in [-0.2, -0.15) is 0 Å². The van der Waals surface area contributed by atoms with Gasteiger partial charge in [-0.05, 0) is 34.8 Å². The van der Waals surface area contributed by atoms with Crippen LogP contribution < -0.4 is 10.0 Å². The van der Waals surface area contributed by atoms with Crippen LogP contribution in [0.25, 0.3) is 10.8 Å². The number of hydrogen-bond donors (Lipinski definition) is 1. The lowest BCUT2D eigenvalue weighted by Crippen LogP contribution is -2.22. The summed E-state index contributed by atoms with van der Waals surface area (Å²) in [6.07, 6.45) is 0.0103. The van der Waals surface area contributed by atoms with Crippen molar-refractivity contribution < 1.29 is 19.2 Å². The Kier molecular flexibility index (Phi) is 1.92. The summed E-state index contributed by atoms with van der Waals surface area (Å²) in [4.78, 5) is 11.2. The second-order valence-electron chi connectivity index (χ2n) is 3.66. The fraction of sp³-hybridized carbons (Fsp3) is 0.267. The molecular weight excluding hydrogens is 226 g/mol. The summed E-state index contributed by atoms with van der Waals surface area (Å²) in [5, 5.41) is 0.720. The fourth-order valence-electron chi connectivity index (χ4n) is 1.56. The van der Waals surface area contributed by atoms with Gasteiger partial charge >= 0.3 is 0 Å². The van der Waals surface area contributed by atoms with Gasteiger partial charge in [0.1, 0.15) is 5.75 Å². The molecule has 2 aromatic rings. The van der Waals surface area contributed by atoms with E-state index in [0.717, 1.165) is 0 Å². The van der Waals surface area contributed by atoms with Crippen molar-refractivity contribution in [1.82, 2.24) is 5.31 Å². The third kappa shape index (κ3) is 2.80. The maximum absolute atomic E-state index is 11.2. The van der Waals surface area contributed by atoms with Crippen LogP contribution >= 0.6 is 0 Å². The van der Waals surface area contributed by atoms with Crippen molar-refractivity contribution in [3.05, 3.63) is 41.8 Å². The van der Waals surface area contributed by atoms with Gasteiger partial charge in [0.05, 0.1) is 15.3 Å². The number of carbonyl (C=O) groups excluding carboxylic acids is 1. The zero-order valence-corrected chi connectivity index (χ0v) is 10.2. The van der Waals surface area contributed by atoms with Crippen LogP contribution in [0.2, 0.25) is 1.41 Å². The predicted octanol–water partition coefficient (Wildman–Crippen LogP) is 2.53. The molecule has 0 saturated carbocycles. The van der Waals surface area contributed by atoms with Crippen molar-refractivity contribution in [2.45, 2.75) is 13.3 Å². The maximum Gasteiger partial charge on any atom is 0.216 e. The average molecular weight is 250 g/mol. The molecule has 0 aliphatic rings. The van der Waals surface area contributed by atoms with Crippen molar-refractivity contribution in [2.75, 3.05) is 13.7 Å². The van der Waals surface area contributed by atoms with E-state index in [1.165, 1.54) is 14.0 Å². The van der Waals surface area contributed by atoms with Gasteiger partial charge in [-0.15, -0.1) is 0 Å². The molecule has 0 fully saturated rings. The summed E-state index contributed by atoms with van der Waals surface area (Å²) >= 11 is 0. The molecule has 18 heavy (non-hydrogen) atoms. The highest BCUT2D eigenvalue weighted by Crippen LogP contribution is 2.24. The van der Waals surface area contributed by atoms with Crippen LogP contribution in [0, 0.1) is 0 Å². The SMILES string of the molecule is [2H]c1c([2H])c(CCN([2H])C(C)=O)c2c([2H])c(OC)c([2H])c([2H])c2c1[2H]. The van der Waals surface area contributed by atoms with Crippen molar-refractivity contribution in [3.63, 3.8) is 0 Å². The Bertz CT molecular complexity index is 870. The molecule has 0 saturated heterocycles. The molecule has 94 valence electrons. The first-order valence-corrected chi connectivity index (χ1v) is 5.46. The van der Waals surface area contributed by atoms with E-state index in [2.05, 4.69) is 0 Å². The number of amides is 1. The van der Waals surface area contributed by atoms with Crippen LogP contribution in [0.5, 0.6) is 5.75 Å². The van der Waals surface area contributed by atoms with E-state index in [4.69, 9.17) is 14.4 Å². The molecule has 0 atom stereocenters. The van der Waals surface area contributed by atoms with Gasteiger partial charge in [0, 0.05) is 13.5 Å². The molecule has 0 aliphatic carbocycles.